The number of benzene rings is 2. The maximum atomic E-state index is 14.9. The number of ether oxygens (including phenoxy) is 2. The van der Waals surface area contributed by atoms with E-state index >= 15 is 0 Å². The highest BCUT2D eigenvalue weighted by molar-refractivity contribution is 6.21. The predicted octanol–water partition coefficient (Wildman–Crippen LogP) is 3.73. The Hall–Kier alpha value is -3.75. The first kappa shape index (κ1) is 24.9. The summed E-state index contributed by atoms with van der Waals surface area (Å²) in [5.41, 5.74) is 0.984. The highest BCUT2D eigenvalue weighted by Gasteiger charge is 2.36. The van der Waals surface area contributed by atoms with Gasteiger partial charge in [-0.1, -0.05) is 30.3 Å². The Kier molecular flexibility index (Phi) is 7.34. The molecule has 0 saturated heterocycles. The van der Waals surface area contributed by atoms with Crippen LogP contribution in [0.15, 0.2) is 47.5 Å². The highest BCUT2D eigenvalue weighted by Crippen LogP contribution is 2.32. The van der Waals surface area contributed by atoms with Crippen LogP contribution in [0.2, 0.25) is 0 Å². The van der Waals surface area contributed by atoms with E-state index in [2.05, 4.69) is 10.3 Å². The van der Waals surface area contributed by atoms with E-state index in [1.165, 1.54) is 17.0 Å². The van der Waals surface area contributed by atoms with E-state index in [0.717, 1.165) is 0 Å². The summed E-state index contributed by atoms with van der Waals surface area (Å²) in [6.07, 6.45) is -2.34. The number of carbonyl (C=O) groups excluding carboxylic acids is 3. The third-order valence-electron chi connectivity index (χ3n) is 4.90. The minimum absolute atomic E-state index is 0.137. The number of benzodiazepines with no additional fused rings is 1. The molecule has 1 aliphatic heterocycles. The zero-order valence-electron chi connectivity index (χ0n) is 19.8. The minimum Gasteiger partial charge on any atom is -0.465 e. The van der Waals surface area contributed by atoms with E-state index in [0.29, 0.717) is 16.8 Å². The normalized spacial score (nSPS) is 15.7. The van der Waals surface area contributed by atoms with Crippen molar-refractivity contribution in [1.82, 2.24) is 5.32 Å². The number of alkyl carbamates (subject to hydrolysis) is 1. The standard InChI is InChI=1S/C25H28FN3O5/c1-6-33-19(30)14-29-21-15(2)10-9-12-17(21)20(16-11-7-8-13-18(16)26)27-22(23(29)31)28-24(32)34-25(3,4)5/h7-13,22H,6,14H2,1-5H3,(H,28,32)/t22-/m1/s1. The molecule has 1 atom stereocenters. The van der Waals surface area contributed by atoms with Gasteiger partial charge in [0.2, 0.25) is 6.17 Å². The van der Waals surface area contributed by atoms with Crippen molar-refractivity contribution < 1.29 is 28.2 Å². The predicted molar refractivity (Wildman–Crippen MR) is 125 cm³/mol. The van der Waals surface area contributed by atoms with Crippen molar-refractivity contribution in [1.29, 1.82) is 0 Å². The molecule has 1 heterocycles. The molecular weight excluding hydrogens is 441 g/mol. The van der Waals surface area contributed by atoms with Crippen LogP contribution >= 0.6 is 0 Å². The van der Waals surface area contributed by atoms with Crippen LogP contribution in [0.4, 0.5) is 14.9 Å². The Morgan fingerprint density at radius 3 is 2.44 bits per heavy atom. The average Bonchev–Trinajstić information content (AvgIpc) is 2.84. The van der Waals surface area contributed by atoms with Gasteiger partial charge in [-0.25, -0.2) is 14.2 Å². The van der Waals surface area contributed by atoms with Crippen LogP contribution in [-0.4, -0.2) is 48.6 Å². The maximum Gasteiger partial charge on any atom is 0.409 e. The number of para-hydroxylation sites is 1. The Morgan fingerprint density at radius 2 is 1.79 bits per heavy atom. The zero-order chi connectivity index (χ0) is 25.0. The topological polar surface area (TPSA) is 97.3 Å². The molecule has 0 spiro atoms. The van der Waals surface area contributed by atoms with Crippen molar-refractivity contribution >= 4 is 29.4 Å². The molecule has 180 valence electrons. The molecule has 2 aromatic carbocycles. The molecule has 34 heavy (non-hydrogen) atoms. The Labute approximate surface area is 197 Å². The van der Waals surface area contributed by atoms with Crippen molar-refractivity contribution in [3.63, 3.8) is 0 Å². The molecule has 0 aromatic heterocycles. The van der Waals surface area contributed by atoms with Gasteiger partial charge in [-0.3, -0.25) is 19.8 Å². The number of aryl methyl sites for hydroxylation is 1. The molecule has 0 unspecified atom stereocenters. The number of aliphatic imine (C=N–C) groups is 1. The fourth-order valence-corrected chi connectivity index (χ4v) is 3.59. The van der Waals surface area contributed by atoms with E-state index in [9.17, 15) is 18.8 Å². The molecule has 0 fully saturated rings. The van der Waals surface area contributed by atoms with Crippen molar-refractivity contribution in [3.05, 3.63) is 65.0 Å². The average molecular weight is 470 g/mol. The number of halogens is 1. The highest BCUT2D eigenvalue weighted by atomic mass is 19.1. The van der Waals surface area contributed by atoms with E-state index in [-0.39, 0.29) is 17.9 Å². The molecule has 2 aromatic rings. The number of carbonyl (C=O) groups is 3. The number of esters is 1. The molecule has 3 rings (SSSR count). The second-order valence-electron chi connectivity index (χ2n) is 8.71. The third kappa shape index (κ3) is 5.59. The maximum absolute atomic E-state index is 14.9. The molecule has 2 amide bonds. The van der Waals surface area contributed by atoms with Crippen molar-refractivity contribution in [2.45, 2.75) is 46.4 Å². The van der Waals surface area contributed by atoms with Gasteiger partial charge in [0.1, 0.15) is 18.0 Å². The largest absolute Gasteiger partial charge is 0.465 e. The second kappa shape index (κ2) is 10.0. The van der Waals surface area contributed by atoms with Gasteiger partial charge in [0.15, 0.2) is 0 Å². The summed E-state index contributed by atoms with van der Waals surface area (Å²) in [5, 5.41) is 2.46. The molecule has 1 aliphatic rings. The van der Waals surface area contributed by atoms with Gasteiger partial charge in [0.05, 0.1) is 18.0 Å². The summed E-state index contributed by atoms with van der Waals surface area (Å²) in [7, 11) is 0. The van der Waals surface area contributed by atoms with Gasteiger partial charge in [0, 0.05) is 11.1 Å². The quantitative estimate of drug-likeness (QED) is 0.673. The molecule has 0 radical (unpaired) electrons. The van der Waals surface area contributed by atoms with Gasteiger partial charge in [0.25, 0.3) is 5.91 Å². The first-order chi connectivity index (χ1) is 16.0. The SMILES string of the molecule is CCOC(=O)CN1C(=O)[C@@H](NC(=O)OC(C)(C)C)N=C(c2ccccc2F)c2cccc(C)c21. The fraction of sp³-hybridized carbons (Fsp3) is 0.360. The molecule has 1 N–H and O–H groups in total. The first-order valence-electron chi connectivity index (χ1n) is 10.9. The van der Waals surface area contributed by atoms with Gasteiger partial charge >= 0.3 is 12.1 Å². The van der Waals surface area contributed by atoms with Crippen LogP contribution in [0.5, 0.6) is 0 Å². The number of rotatable bonds is 5. The van der Waals surface area contributed by atoms with Crippen LogP contribution in [0.3, 0.4) is 0 Å². The molecular formula is C25H28FN3O5. The lowest BCUT2D eigenvalue weighted by Crippen LogP contribution is -2.50. The van der Waals surface area contributed by atoms with Crippen molar-refractivity contribution in [3.8, 4) is 0 Å². The van der Waals surface area contributed by atoms with Gasteiger partial charge < -0.3 is 9.47 Å². The first-order valence-corrected chi connectivity index (χ1v) is 10.9. The van der Waals surface area contributed by atoms with Gasteiger partial charge in [-0.15, -0.1) is 0 Å². The summed E-state index contributed by atoms with van der Waals surface area (Å²) in [6, 6.07) is 11.2. The van der Waals surface area contributed by atoms with Crippen LogP contribution in [-0.2, 0) is 19.1 Å². The minimum atomic E-state index is -1.47. The van der Waals surface area contributed by atoms with E-state index in [1.807, 2.05) is 0 Å². The zero-order valence-corrected chi connectivity index (χ0v) is 19.8. The summed E-state index contributed by atoms with van der Waals surface area (Å²) in [5.74, 6) is -1.85. The lowest BCUT2D eigenvalue weighted by molar-refractivity contribution is -0.142. The molecule has 9 heteroatoms. The summed E-state index contributed by atoms with van der Waals surface area (Å²) < 4.78 is 25.2. The molecule has 0 saturated carbocycles. The summed E-state index contributed by atoms with van der Waals surface area (Å²) in [6.45, 7) is 8.21. The van der Waals surface area contributed by atoms with Gasteiger partial charge in [-0.2, -0.15) is 0 Å². The number of anilines is 1. The van der Waals surface area contributed by atoms with E-state index in [1.54, 1.807) is 65.0 Å². The summed E-state index contributed by atoms with van der Waals surface area (Å²) in [4.78, 5) is 44.2. The Balaban J connectivity index is 2.19. The number of amides is 2. The van der Waals surface area contributed by atoms with E-state index in [4.69, 9.17) is 9.47 Å². The smallest absolute Gasteiger partial charge is 0.409 e. The Morgan fingerprint density at radius 1 is 1.12 bits per heavy atom. The van der Waals surface area contributed by atoms with Crippen LogP contribution in [0.25, 0.3) is 0 Å². The lowest BCUT2D eigenvalue weighted by atomic mass is 9.97. The Bertz CT molecular complexity index is 1140. The number of hydrogen-bond acceptors (Lipinski definition) is 6. The van der Waals surface area contributed by atoms with Gasteiger partial charge in [-0.05, 0) is 52.3 Å². The molecule has 0 aliphatic carbocycles. The van der Waals surface area contributed by atoms with Crippen LogP contribution < -0.4 is 10.2 Å². The molecule has 8 nitrogen and oxygen atoms in total. The van der Waals surface area contributed by atoms with E-state index < -0.39 is 42.1 Å². The number of hydrogen-bond donors (Lipinski definition) is 1. The second-order valence-corrected chi connectivity index (χ2v) is 8.71. The van der Waals surface area contributed by atoms with Crippen molar-refractivity contribution in [2.75, 3.05) is 18.1 Å². The van der Waals surface area contributed by atoms with Crippen molar-refractivity contribution in [2.24, 2.45) is 4.99 Å². The monoisotopic (exact) mass is 469 g/mol. The number of fused-ring (bicyclic) bond motifs is 1. The number of nitrogens with one attached hydrogen (secondary N) is 1. The van der Waals surface area contributed by atoms with Crippen LogP contribution in [0.1, 0.15) is 44.4 Å². The fourth-order valence-electron chi connectivity index (χ4n) is 3.59. The lowest BCUT2D eigenvalue weighted by Gasteiger charge is -2.26. The van der Waals surface area contributed by atoms with Crippen LogP contribution in [0, 0.1) is 12.7 Å². The number of nitrogens with zero attached hydrogens (tertiary/aromatic N) is 2. The third-order valence-corrected chi connectivity index (χ3v) is 4.90. The summed E-state index contributed by atoms with van der Waals surface area (Å²) >= 11 is 0. The molecule has 0 bridgehead atoms.